The lowest BCUT2D eigenvalue weighted by molar-refractivity contribution is -0.0498. The normalized spacial score (nSPS) is 12.0. The van der Waals surface area contributed by atoms with Crippen LogP contribution in [0.3, 0.4) is 0 Å². The number of hydrogen-bond acceptors (Lipinski definition) is 4. The molecule has 1 amide bonds. The molecule has 1 heterocycles. The second-order valence-corrected chi connectivity index (χ2v) is 5.06. The Kier molecular flexibility index (Phi) is 6.20. The van der Waals surface area contributed by atoms with E-state index >= 15 is 0 Å². The second-order valence-electron chi connectivity index (χ2n) is 5.06. The molecule has 128 valence electrons. The summed E-state index contributed by atoms with van der Waals surface area (Å²) in [4.78, 5) is 16.2. The van der Waals surface area contributed by atoms with Crippen molar-refractivity contribution >= 4 is 5.91 Å². The zero-order chi connectivity index (χ0) is 17.5. The molecule has 0 aliphatic carbocycles. The molecule has 0 fully saturated rings. The van der Waals surface area contributed by atoms with Crippen molar-refractivity contribution in [2.75, 3.05) is 6.54 Å². The predicted molar refractivity (Wildman–Crippen MR) is 84.0 cm³/mol. The number of aliphatic hydroxyl groups excluding tert-OH is 1. The third-order valence-corrected chi connectivity index (χ3v) is 3.48. The van der Waals surface area contributed by atoms with Gasteiger partial charge >= 0.3 is 6.61 Å². The summed E-state index contributed by atoms with van der Waals surface area (Å²) in [6, 6.07) is 7.24. The second kappa shape index (κ2) is 8.35. The highest BCUT2D eigenvalue weighted by molar-refractivity contribution is 5.95. The minimum Gasteiger partial charge on any atom is -0.435 e. The molecule has 2 aromatic rings. The van der Waals surface area contributed by atoms with E-state index in [4.69, 9.17) is 0 Å². The Hall–Kier alpha value is -2.54. The number of benzene rings is 1. The van der Waals surface area contributed by atoms with E-state index in [1.54, 1.807) is 12.3 Å². The van der Waals surface area contributed by atoms with Crippen molar-refractivity contribution in [3.05, 3.63) is 59.4 Å². The van der Waals surface area contributed by atoms with E-state index in [1.165, 1.54) is 30.5 Å². The van der Waals surface area contributed by atoms with E-state index in [0.717, 1.165) is 5.56 Å². The maximum Gasteiger partial charge on any atom is 0.387 e. The first-order chi connectivity index (χ1) is 11.5. The third-order valence-electron chi connectivity index (χ3n) is 3.48. The van der Waals surface area contributed by atoms with E-state index in [2.05, 4.69) is 15.0 Å². The van der Waals surface area contributed by atoms with Crippen molar-refractivity contribution in [2.45, 2.75) is 26.1 Å². The number of halogens is 2. The Bertz CT molecular complexity index is 678. The largest absolute Gasteiger partial charge is 0.435 e. The first-order valence-corrected chi connectivity index (χ1v) is 7.45. The molecule has 0 saturated heterocycles. The Morgan fingerprint density at radius 2 is 2.00 bits per heavy atom. The molecule has 1 unspecified atom stereocenters. The van der Waals surface area contributed by atoms with Gasteiger partial charge in [0.15, 0.2) is 0 Å². The van der Waals surface area contributed by atoms with Gasteiger partial charge in [-0.3, -0.25) is 9.78 Å². The molecule has 0 spiro atoms. The minimum atomic E-state index is -2.90. The lowest BCUT2D eigenvalue weighted by Gasteiger charge is -2.14. The molecule has 1 aromatic carbocycles. The summed E-state index contributed by atoms with van der Waals surface area (Å²) in [5.74, 6) is -0.291. The average molecular weight is 336 g/mol. The van der Waals surface area contributed by atoms with E-state index < -0.39 is 12.7 Å². The fourth-order valence-corrected chi connectivity index (χ4v) is 2.20. The minimum absolute atomic E-state index is 0.000633. The Morgan fingerprint density at radius 3 is 2.62 bits per heavy atom. The summed E-state index contributed by atoms with van der Waals surface area (Å²) >= 11 is 0. The van der Waals surface area contributed by atoms with Crippen LogP contribution in [0.1, 0.15) is 34.5 Å². The summed E-state index contributed by atoms with van der Waals surface area (Å²) in [6.45, 7) is -0.974. The predicted octanol–water partition coefficient (Wildman–Crippen LogP) is 2.71. The van der Waals surface area contributed by atoms with Gasteiger partial charge in [-0.2, -0.15) is 8.78 Å². The molecular formula is C17H18F2N2O3. The number of nitrogens with one attached hydrogen (secondary N) is 1. The fraction of sp³-hybridized carbons (Fsp3) is 0.294. The molecule has 2 rings (SSSR count). The number of nitrogens with zero attached hydrogens (tertiary/aromatic N) is 1. The molecule has 0 aliphatic heterocycles. The highest BCUT2D eigenvalue weighted by Crippen LogP contribution is 2.19. The van der Waals surface area contributed by atoms with Crippen molar-refractivity contribution < 1.29 is 23.4 Å². The molecular weight excluding hydrogens is 318 g/mol. The van der Waals surface area contributed by atoms with Gasteiger partial charge in [0.1, 0.15) is 5.75 Å². The van der Waals surface area contributed by atoms with Crippen molar-refractivity contribution in [3.63, 3.8) is 0 Å². The smallest absolute Gasteiger partial charge is 0.387 e. The van der Waals surface area contributed by atoms with Crippen LogP contribution >= 0.6 is 0 Å². The van der Waals surface area contributed by atoms with Gasteiger partial charge in [-0.1, -0.05) is 19.1 Å². The molecule has 24 heavy (non-hydrogen) atoms. The number of rotatable bonds is 7. The van der Waals surface area contributed by atoms with Crippen LogP contribution in [0.15, 0.2) is 42.7 Å². The third kappa shape index (κ3) is 4.73. The van der Waals surface area contributed by atoms with E-state index in [1.807, 2.05) is 6.92 Å². The Morgan fingerprint density at radius 1 is 1.29 bits per heavy atom. The van der Waals surface area contributed by atoms with Gasteiger partial charge in [-0.15, -0.1) is 0 Å². The van der Waals surface area contributed by atoms with Crippen molar-refractivity contribution in [3.8, 4) is 5.75 Å². The fourth-order valence-electron chi connectivity index (χ4n) is 2.20. The van der Waals surface area contributed by atoms with Gasteiger partial charge in [0.2, 0.25) is 0 Å². The maximum atomic E-state index is 12.2. The lowest BCUT2D eigenvalue weighted by atomic mass is 10.1. The molecule has 5 nitrogen and oxygen atoms in total. The average Bonchev–Trinajstić information content (AvgIpc) is 2.59. The van der Waals surface area contributed by atoms with Crippen LogP contribution in [0.4, 0.5) is 8.78 Å². The topological polar surface area (TPSA) is 71.5 Å². The van der Waals surface area contributed by atoms with Crippen LogP contribution in [0.5, 0.6) is 5.75 Å². The van der Waals surface area contributed by atoms with Gasteiger partial charge in [0.25, 0.3) is 5.91 Å². The first-order valence-electron chi connectivity index (χ1n) is 7.45. The van der Waals surface area contributed by atoms with Crippen LogP contribution in [0.2, 0.25) is 0 Å². The van der Waals surface area contributed by atoms with Gasteiger partial charge in [-0.05, 0) is 35.7 Å². The number of aryl methyl sites for hydroxylation is 1. The highest BCUT2D eigenvalue weighted by Gasteiger charge is 2.14. The molecule has 0 aliphatic rings. The number of ether oxygens (including phenoxy) is 1. The van der Waals surface area contributed by atoms with Gasteiger partial charge < -0.3 is 15.2 Å². The van der Waals surface area contributed by atoms with Crippen molar-refractivity contribution in [1.82, 2.24) is 10.3 Å². The number of pyridine rings is 1. The van der Waals surface area contributed by atoms with Crippen LogP contribution in [0.25, 0.3) is 0 Å². The van der Waals surface area contributed by atoms with Gasteiger partial charge in [-0.25, -0.2) is 0 Å². The quantitative estimate of drug-likeness (QED) is 0.815. The number of carbonyl (C=O) groups excluding carboxylic acids is 1. The lowest BCUT2D eigenvalue weighted by Crippen LogP contribution is -2.29. The molecule has 1 aromatic heterocycles. The monoisotopic (exact) mass is 336 g/mol. The molecule has 0 saturated carbocycles. The number of carbonyl (C=O) groups is 1. The summed E-state index contributed by atoms with van der Waals surface area (Å²) in [6.07, 6.45) is 2.88. The number of aromatic nitrogens is 1. The molecule has 0 radical (unpaired) electrons. The number of aliphatic hydroxyl groups is 1. The molecule has 2 N–H and O–H groups in total. The molecule has 0 bridgehead atoms. The van der Waals surface area contributed by atoms with E-state index in [-0.39, 0.29) is 18.2 Å². The highest BCUT2D eigenvalue weighted by atomic mass is 19.3. The maximum absolute atomic E-state index is 12.2. The van der Waals surface area contributed by atoms with Gasteiger partial charge in [0.05, 0.1) is 6.10 Å². The summed E-state index contributed by atoms with van der Waals surface area (Å²) in [5.41, 5.74) is 1.82. The number of hydrogen-bond donors (Lipinski definition) is 2. The summed E-state index contributed by atoms with van der Waals surface area (Å²) in [5, 5.41) is 12.8. The first kappa shape index (κ1) is 17.8. The Labute approximate surface area is 138 Å². The van der Waals surface area contributed by atoms with Crippen LogP contribution < -0.4 is 10.1 Å². The van der Waals surface area contributed by atoms with Crippen LogP contribution in [-0.4, -0.2) is 29.2 Å². The SMILES string of the molecule is CCc1cnccc1C(=O)NCC(O)c1ccc(OC(F)F)cc1. The van der Waals surface area contributed by atoms with Crippen molar-refractivity contribution in [1.29, 1.82) is 0 Å². The zero-order valence-corrected chi connectivity index (χ0v) is 13.1. The zero-order valence-electron chi connectivity index (χ0n) is 13.1. The van der Waals surface area contributed by atoms with Gasteiger partial charge in [0, 0.05) is 24.5 Å². The number of alkyl halides is 2. The molecule has 1 atom stereocenters. The summed E-state index contributed by atoms with van der Waals surface area (Å²) in [7, 11) is 0. The molecule has 7 heteroatoms. The number of amides is 1. The van der Waals surface area contributed by atoms with Crippen LogP contribution in [-0.2, 0) is 6.42 Å². The van der Waals surface area contributed by atoms with E-state index in [9.17, 15) is 18.7 Å². The van der Waals surface area contributed by atoms with Crippen molar-refractivity contribution in [2.24, 2.45) is 0 Å². The van der Waals surface area contributed by atoms with Crippen LogP contribution in [0, 0.1) is 0 Å². The summed E-state index contributed by atoms with van der Waals surface area (Å²) < 4.78 is 28.4. The van der Waals surface area contributed by atoms with E-state index in [0.29, 0.717) is 17.5 Å². The standard InChI is InChI=1S/C17H18F2N2O3/c1-2-11-9-20-8-7-14(11)16(23)21-10-15(22)12-3-5-13(6-4-12)24-17(18)19/h3-9,15,17,22H,2,10H2,1H3,(H,21,23). The Balaban J connectivity index is 1.95.